The van der Waals surface area contributed by atoms with Crippen LogP contribution < -0.4 is 20.1 Å². The maximum Gasteiger partial charge on any atom is 0.303 e. The van der Waals surface area contributed by atoms with Crippen molar-refractivity contribution in [1.29, 1.82) is 0 Å². The third kappa shape index (κ3) is 3.52. The molecule has 0 amide bonds. The average molecular weight is 346 g/mol. The summed E-state index contributed by atoms with van der Waals surface area (Å²) in [6, 6.07) is 3.55. The number of benzene rings is 1. The van der Waals surface area contributed by atoms with Gasteiger partial charge < -0.3 is 25.2 Å². The maximum absolute atomic E-state index is 10.8. The quantitative estimate of drug-likeness (QED) is 0.845. The third-order valence-corrected chi connectivity index (χ3v) is 4.58. The third-order valence-electron chi connectivity index (χ3n) is 4.58. The second-order valence-corrected chi connectivity index (χ2v) is 6.16. The van der Waals surface area contributed by atoms with E-state index in [1.807, 2.05) is 4.90 Å². The van der Waals surface area contributed by atoms with Crippen LogP contribution in [0.15, 0.2) is 12.1 Å². The highest BCUT2D eigenvalue weighted by Gasteiger charge is 2.23. The molecule has 134 valence electrons. The van der Waals surface area contributed by atoms with Crippen molar-refractivity contribution in [1.82, 2.24) is 9.97 Å². The maximum atomic E-state index is 10.8. The first kappa shape index (κ1) is 17.1. The fourth-order valence-corrected chi connectivity index (χ4v) is 3.19. The SMILES string of the molecule is COc1cc2nc(N3CCC(CC(=O)O)CC3)nc(N)c2cc1OC. The minimum atomic E-state index is -0.745. The number of carbonyl (C=O) groups is 1. The summed E-state index contributed by atoms with van der Waals surface area (Å²) in [5, 5.41) is 9.63. The highest BCUT2D eigenvalue weighted by Crippen LogP contribution is 2.34. The molecule has 2 heterocycles. The number of nitrogens with two attached hydrogens (primary N) is 1. The van der Waals surface area contributed by atoms with Gasteiger partial charge in [0.25, 0.3) is 0 Å². The van der Waals surface area contributed by atoms with Crippen molar-refractivity contribution >= 4 is 28.6 Å². The Balaban J connectivity index is 1.87. The van der Waals surface area contributed by atoms with Gasteiger partial charge in [-0.05, 0) is 24.8 Å². The molecule has 0 radical (unpaired) electrons. The van der Waals surface area contributed by atoms with E-state index in [0.717, 1.165) is 25.9 Å². The van der Waals surface area contributed by atoms with Gasteiger partial charge in [0.05, 0.1) is 19.7 Å². The summed E-state index contributed by atoms with van der Waals surface area (Å²) < 4.78 is 10.6. The molecule has 0 unspecified atom stereocenters. The molecule has 0 atom stereocenters. The number of aliphatic carboxylic acids is 1. The van der Waals surface area contributed by atoms with Crippen LogP contribution in [0.25, 0.3) is 10.9 Å². The highest BCUT2D eigenvalue weighted by atomic mass is 16.5. The lowest BCUT2D eigenvalue weighted by Gasteiger charge is -2.31. The Morgan fingerprint density at radius 1 is 1.24 bits per heavy atom. The zero-order valence-corrected chi connectivity index (χ0v) is 14.4. The van der Waals surface area contributed by atoms with Crippen molar-refractivity contribution in [3.05, 3.63) is 12.1 Å². The molecule has 2 aromatic rings. The van der Waals surface area contributed by atoms with Crippen LogP contribution in [0.1, 0.15) is 19.3 Å². The van der Waals surface area contributed by atoms with Crippen LogP contribution in [0, 0.1) is 5.92 Å². The Kier molecular flexibility index (Phi) is 4.78. The molecule has 1 fully saturated rings. The first-order valence-corrected chi connectivity index (χ1v) is 8.17. The van der Waals surface area contributed by atoms with Gasteiger partial charge in [-0.25, -0.2) is 4.98 Å². The molecule has 8 heteroatoms. The monoisotopic (exact) mass is 346 g/mol. The number of piperidine rings is 1. The smallest absolute Gasteiger partial charge is 0.303 e. The molecule has 1 aromatic carbocycles. The van der Waals surface area contributed by atoms with Crippen molar-refractivity contribution < 1.29 is 19.4 Å². The molecular weight excluding hydrogens is 324 g/mol. The van der Waals surface area contributed by atoms with E-state index in [4.69, 9.17) is 20.3 Å². The van der Waals surface area contributed by atoms with Gasteiger partial charge in [0.2, 0.25) is 5.95 Å². The summed E-state index contributed by atoms with van der Waals surface area (Å²) in [5.41, 5.74) is 6.81. The molecule has 1 aliphatic rings. The molecule has 8 nitrogen and oxygen atoms in total. The minimum absolute atomic E-state index is 0.205. The largest absolute Gasteiger partial charge is 0.493 e. The van der Waals surface area contributed by atoms with E-state index >= 15 is 0 Å². The molecule has 0 spiro atoms. The van der Waals surface area contributed by atoms with Crippen LogP contribution in [0.2, 0.25) is 0 Å². The van der Waals surface area contributed by atoms with Crippen molar-refractivity contribution in [3.8, 4) is 11.5 Å². The molecule has 3 N–H and O–H groups in total. The number of rotatable bonds is 5. The fraction of sp³-hybridized carbons (Fsp3) is 0.471. The fourth-order valence-electron chi connectivity index (χ4n) is 3.19. The number of aromatic nitrogens is 2. The molecule has 1 saturated heterocycles. The van der Waals surface area contributed by atoms with Crippen LogP contribution in [0.5, 0.6) is 11.5 Å². The lowest BCUT2D eigenvalue weighted by atomic mass is 9.94. The molecule has 0 saturated carbocycles. The normalized spacial score (nSPS) is 15.4. The minimum Gasteiger partial charge on any atom is -0.493 e. The first-order chi connectivity index (χ1) is 12.0. The summed E-state index contributed by atoms with van der Waals surface area (Å²) in [6.07, 6.45) is 1.82. The van der Waals surface area contributed by atoms with Gasteiger partial charge >= 0.3 is 5.97 Å². The molecule has 0 aliphatic carbocycles. The van der Waals surface area contributed by atoms with Gasteiger partial charge in [0.1, 0.15) is 5.82 Å². The topological polar surface area (TPSA) is 111 Å². The highest BCUT2D eigenvalue weighted by molar-refractivity contribution is 5.91. The zero-order valence-electron chi connectivity index (χ0n) is 14.4. The van der Waals surface area contributed by atoms with Gasteiger partial charge in [0, 0.05) is 31.0 Å². The average Bonchev–Trinajstić information content (AvgIpc) is 2.60. The Morgan fingerprint density at radius 3 is 2.48 bits per heavy atom. The number of nitrogens with zero attached hydrogens (tertiary/aromatic N) is 3. The molecule has 1 aromatic heterocycles. The van der Waals surface area contributed by atoms with Gasteiger partial charge in [-0.2, -0.15) is 4.98 Å². The first-order valence-electron chi connectivity index (χ1n) is 8.17. The standard InChI is InChI=1S/C17H22N4O4/c1-24-13-8-11-12(9-14(13)25-2)19-17(20-16(11)18)21-5-3-10(4-6-21)7-15(22)23/h8-10H,3-7H2,1-2H3,(H,22,23)(H2,18,19,20). The van der Waals surface area contributed by atoms with Crippen molar-refractivity contribution in [2.24, 2.45) is 5.92 Å². The Labute approximate surface area is 145 Å². The van der Waals surface area contributed by atoms with Gasteiger partial charge in [-0.1, -0.05) is 0 Å². The molecule has 0 bridgehead atoms. The van der Waals surface area contributed by atoms with Gasteiger partial charge in [-0.3, -0.25) is 4.79 Å². The van der Waals surface area contributed by atoms with Crippen molar-refractivity contribution in [3.63, 3.8) is 0 Å². The van der Waals surface area contributed by atoms with Crippen LogP contribution in [-0.4, -0.2) is 48.4 Å². The lowest BCUT2D eigenvalue weighted by Crippen LogP contribution is -2.35. The van der Waals surface area contributed by atoms with Crippen LogP contribution >= 0.6 is 0 Å². The number of carboxylic acids is 1. The summed E-state index contributed by atoms with van der Waals surface area (Å²) in [4.78, 5) is 21.9. The number of hydrogen-bond acceptors (Lipinski definition) is 7. The van der Waals surface area contributed by atoms with Crippen molar-refractivity contribution in [2.75, 3.05) is 37.9 Å². The number of carboxylic acid groups (broad SMARTS) is 1. The lowest BCUT2D eigenvalue weighted by molar-refractivity contribution is -0.138. The van der Waals surface area contributed by atoms with E-state index in [1.165, 1.54) is 0 Å². The van der Waals surface area contributed by atoms with Crippen LogP contribution in [-0.2, 0) is 4.79 Å². The molecule has 3 rings (SSSR count). The van der Waals surface area contributed by atoms with Crippen LogP contribution in [0.4, 0.5) is 11.8 Å². The number of nitrogen functional groups attached to an aromatic ring is 1. The predicted molar refractivity (Wildman–Crippen MR) is 94.2 cm³/mol. The Hall–Kier alpha value is -2.77. The molecular formula is C17H22N4O4. The zero-order chi connectivity index (χ0) is 18.0. The van der Waals surface area contributed by atoms with Gasteiger partial charge in [0.15, 0.2) is 11.5 Å². The number of anilines is 2. The van der Waals surface area contributed by atoms with E-state index in [-0.39, 0.29) is 12.3 Å². The summed E-state index contributed by atoms with van der Waals surface area (Å²) >= 11 is 0. The van der Waals surface area contributed by atoms with E-state index in [1.54, 1.807) is 26.4 Å². The Morgan fingerprint density at radius 2 is 1.88 bits per heavy atom. The summed E-state index contributed by atoms with van der Waals surface area (Å²) in [7, 11) is 3.14. The number of methoxy groups -OCH3 is 2. The van der Waals surface area contributed by atoms with Crippen LogP contribution in [0.3, 0.4) is 0 Å². The molecule has 1 aliphatic heterocycles. The number of hydrogen-bond donors (Lipinski definition) is 2. The van der Waals surface area contributed by atoms with Gasteiger partial charge in [-0.15, -0.1) is 0 Å². The summed E-state index contributed by atoms with van der Waals surface area (Å²) in [6.45, 7) is 1.44. The Bertz CT molecular complexity index is 788. The van der Waals surface area contributed by atoms with E-state index in [0.29, 0.717) is 34.2 Å². The van der Waals surface area contributed by atoms with E-state index in [9.17, 15) is 4.79 Å². The van der Waals surface area contributed by atoms with E-state index in [2.05, 4.69) is 9.97 Å². The second kappa shape index (κ2) is 7.00. The molecule has 25 heavy (non-hydrogen) atoms. The van der Waals surface area contributed by atoms with E-state index < -0.39 is 5.97 Å². The van der Waals surface area contributed by atoms with Crippen molar-refractivity contribution in [2.45, 2.75) is 19.3 Å². The summed E-state index contributed by atoms with van der Waals surface area (Å²) in [5.74, 6) is 1.56. The second-order valence-electron chi connectivity index (χ2n) is 6.16. The number of fused-ring (bicyclic) bond motifs is 1. The predicted octanol–water partition coefficient (Wildman–Crippen LogP) is 1.92. The number of ether oxygens (including phenoxy) is 2.